The Bertz CT molecular complexity index is 421. The zero-order chi connectivity index (χ0) is 10.7. The van der Waals surface area contributed by atoms with Gasteiger partial charge in [0.2, 0.25) is 0 Å². The van der Waals surface area contributed by atoms with Crippen molar-refractivity contribution >= 4 is 11.4 Å². The quantitative estimate of drug-likeness (QED) is 0.567. The standard InChI is InChI=1S/C12H13N3/c13-8-9-4-3-7-11(12(9)14)15-10-5-1-2-6-10/h1-4,7,10,15H,5-6,14H2. The highest BCUT2D eigenvalue weighted by Crippen LogP contribution is 2.25. The molecule has 0 saturated carbocycles. The fourth-order valence-electron chi connectivity index (χ4n) is 1.74. The third-order valence-electron chi connectivity index (χ3n) is 2.59. The largest absolute Gasteiger partial charge is 0.396 e. The molecule has 0 amide bonds. The van der Waals surface area contributed by atoms with Gasteiger partial charge in [-0.1, -0.05) is 18.2 Å². The maximum absolute atomic E-state index is 8.83. The Hall–Kier alpha value is -1.95. The van der Waals surface area contributed by atoms with Gasteiger partial charge in [-0.05, 0) is 25.0 Å². The van der Waals surface area contributed by atoms with Crippen molar-refractivity contribution in [1.82, 2.24) is 0 Å². The second-order valence-corrected chi connectivity index (χ2v) is 3.66. The van der Waals surface area contributed by atoms with Gasteiger partial charge in [0.25, 0.3) is 0 Å². The van der Waals surface area contributed by atoms with E-state index in [-0.39, 0.29) is 0 Å². The summed E-state index contributed by atoms with van der Waals surface area (Å²) in [6.07, 6.45) is 6.36. The molecule has 0 aliphatic heterocycles. The van der Waals surface area contributed by atoms with Crippen LogP contribution in [0, 0.1) is 11.3 Å². The van der Waals surface area contributed by atoms with Gasteiger partial charge in [0.15, 0.2) is 0 Å². The Kier molecular flexibility index (Phi) is 2.59. The van der Waals surface area contributed by atoms with E-state index >= 15 is 0 Å². The number of benzene rings is 1. The third kappa shape index (κ3) is 1.94. The summed E-state index contributed by atoms with van der Waals surface area (Å²) in [7, 11) is 0. The number of nitrogens with one attached hydrogen (secondary N) is 1. The van der Waals surface area contributed by atoms with Crippen molar-refractivity contribution in [3.05, 3.63) is 35.9 Å². The highest BCUT2D eigenvalue weighted by molar-refractivity contribution is 5.73. The van der Waals surface area contributed by atoms with Crippen LogP contribution in [0.5, 0.6) is 0 Å². The third-order valence-corrected chi connectivity index (χ3v) is 2.59. The predicted molar refractivity (Wildman–Crippen MR) is 61.4 cm³/mol. The van der Waals surface area contributed by atoms with E-state index in [1.54, 1.807) is 6.07 Å². The van der Waals surface area contributed by atoms with E-state index in [0.717, 1.165) is 18.5 Å². The highest BCUT2D eigenvalue weighted by atomic mass is 14.9. The van der Waals surface area contributed by atoms with Crippen LogP contribution >= 0.6 is 0 Å². The molecule has 1 aromatic rings. The molecule has 3 nitrogen and oxygen atoms in total. The number of hydrogen-bond donors (Lipinski definition) is 2. The Morgan fingerprint density at radius 1 is 1.33 bits per heavy atom. The van der Waals surface area contributed by atoms with Gasteiger partial charge in [0, 0.05) is 6.04 Å². The fraction of sp³-hybridized carbons (Fsp3) is 0.250. The van der Waals surface area contributed by atoms with Gasteiger partial charge in [-0.3, -0.25) is 0 Å². The monoisotopic (exact) mass is 199 g/mol. The summed E-state index contributed by atoms with van der Waals surface area (Å²) in [5.41, 5.74) is 7.81. The van der Waals surface area contributed by atoms with Crippen LogP contribution in [0.25, 0.3) is 0 Å². The lowest BCUT2D eigenvalue weighted by atomic mass is 10.1. The van der Waals surface area contributed by atoms with Crippen LogP contribution in [0.1, 0.15) is 18.4 Å². The number of nitrogens with zero attached hydrogens (tertiary/aromatic N) is 1. The molecule has 2 rings (SSSR count). The highest BCUT2D eigenvalue weighted by Gasteiger charge is 2.12. The van der Waals surface area contributed by atoms with Gasteiger partial charge in [-0.15, -0.1) is 0 Å². The Morgan fingerprint density at radius 3 is 2.73 bits per heavy atom. The van der Waals surface area contributed by atoms with Crippen molar-refractivity contribution in [3.8, 4) is 6.07 Å². The molecule has 15 heavy (non-hydrogen) atoms. The zero-order valence-electron chi connectivity index (χ0n) is 8.40. The lowest BCUT2D eigenvalue weighted by Crippen LogP contribution is -2.16. The minimum atomic E-state index is 0.418. The van der Waals surface area contributed by atoms with E-state index in [0.29, 0.717) is 17.3 Å². The predicted octanol–water partition coefficient (Wildman–Crippen LogP) is 2.27. The number of anilines is 2. The van der Waals surface area contributed by atoms with E-state index in [1.807, 2.05) is 12.1 Å². The van der Waals surface area contributed by atoms with Gasteiger partial charge >= 0.3 is 0 Å². The summed E-state index contributed by atoms with van der Waals surface area (Å²) in [6.45, 7) is 0. The molecule has 76 valence electrons. The molecule has 1 aliphatic rings. The van der Waals surface area contributed by atoms with Gasteiger partial charge in [0.05, 0.1) is 16.9 Å². The number of nitrogen functional groups attached to an aromatic ring is 1. The molecule has 1 aromatic carbocycles. The first-order valence-corrected chi connectivity index (χ1v) is 5.01. The van der Waals surface area contributed by atoms with Crippen LogP contribution in [-0.2, 0) is 0 Å². The Labute approximate surface area is 89.2 Å². The molecule has 0 saturated heterocycles. The molecule has 0 unspecified atom stereocenters. The van der Waals surface area contributed by atoms with E-state index in [1.165, 1.54) is 0 Å². The molecule has 0 fully saturated rings. The van der Waals surface area contributed by atoms with E-state index in [2.05, 4.69) is 23.5 Å². The number of nitrogens with two attached hydrogens (primary N) is 1. The van der Waals surface area contributed by atoms with Crippen LogP contribution < -0.4 is 11.1 Å². The van der Waals surface area contributed by atoms with Crippen LogP contribution in [0.15, 0.2) is 30.4 Å². The van der Waals surface area contributed by atoms with Crippen molar-refractivity contribution in [2.45, 2.75) is 18.9 Å². The Morgan fingerprint density at radius 2 is 2.07 bits per heavy atom. The summed E-state index contributed by atoms with van der Waals surface area (Å²) in [4.78, 5) is 0. The minimum absolute atomic E-state index is 0.418. The molecule has 0 radical (unpaired) electrons. The molecule has 0 atom stereocenters. The van der Waals surface area contributed by atoms with Crippen LogP contribution in [0.4, 0.5) is 11.4 Å². The first-order chi connectivity index (χ1) is 7.31. The van der Waals surface area contributed by atoms with Gasteiger partial charge in [-0.25, -0.2) is 0 Å². The molecule has 0 heterocycles. The summed E-state index contributed by atoms with van der Waals surface area (Å²) < 4.78 is 0. The average molecular weight is 199 g/mol. The molecule has 3 heteroatoms. The van der Waals surface area contributed by atoms with Gasteiger partial charge in [-0.2, -0.15) is 5.26 Å². The second kappa shape index (κ2) is 4.05. The summed E-state index contributed by atoms with van der Waals surface area (Å²) >= 11 is 0. The lowest BCUT2D eigenvalue weighted by Gasteiger charge is -2.15. The topological polar surface area (TPSA) is 61.8 Å². The first kappa shape index (κ1) is 9.60. The van der Waals surface area contributed by atoms with E-state index in [4.69, 9.17) is 11.0 Å². The van der Waals surface area contributed by atoms with E-state index in [9.17, 15) is 0 Å². The molecule has 0 bridgehead atoms. The van der Waals surface area contributed by atoms with Crippen LogP contribution in [-0.4, -0.2) is 6.04 Å². The van der Waals surface area contributed by atoms with Crippen molar-refractivity contribution < 1.29 is 0 Å². The average Bonchev–Trinajstić information content (AvgIpc) is 2.74. The van der Waals surface area contributed by atoms with Crippen molar-refractivity contribution in [2.24, 2.45) is 0 Å². The summed E-state index contributed by atoms with van der Waals surface area (Å²) in [5, 5.41) is 12.2. The van der Waals surface area contributed by atoms with Crippen LogP contribution in [0.2, 0.25) is 0 Å². The zero-order valence-corrected chi connectivity index (χ0v) is 8.40. The number of rotatable bonds is 2. The number of nitriles is 1. The summed E-state index contributed by atoms with van der Waals surface area (Å²) in [6, 6.07) is 7.99. The van der Waals surface area contributed by atoms with Crippen molar-refractivity contribution in [3.63, 3.8) is 0 Å². The minimum Gasteiger partial charge on any atom is -0.396 e. The SMILES string of the molecule is N#Cc1cccc(NC2CC=CC2)c1N. The van der Waals surface area contributed by atoms with Crippen molar-refractivity contribution in [1.29, 1.82) is 5.26 Å². The molecule has 3 N–H and O–H groups in total. The van der Waals surface area contributed by atoms with Crippen molar-refractivity contribution in [2.75, 3.05) is 11.1 Å². The first-order valence-electron chi connectivity index (χ1n) is 5.01. The summed E-state index contributed by atoms with van der Waals surface area (Å²) in [5.74, 6) is 0. The second-order valence-electron chi connectivity index (χ2n) is 3.66. The number of para-hydroxylation sites is 1. The maximum Gasteiger partial charge on any atom is 0.101 e. The molecule has 0 aromatic heterocycles. The van der Waals surface area contributed by atoms with Gasteiger partial charge in [0.1, 0.15) is 6.07 Å². The smallest absolute Gasteiger partial charge is 0.101 e. The van der Waals surface area contributed by atoms with Crippen LogP contribution in [0.3, 0.4) is 0 Å². The maximum atomic E-state index is 8.83. The normalized spacial score (nSPS) is 15.1. The number of hydrogen-bond acceptors (Lipinski definition) is 3. The molecule has 0 spiro atoms. The molecular formula is C12H13N3. The van der Waals surface area contributed by atoms with Gasteiger partial charge < -0.3 is 11.1 Å². The lowest BCUT2D eigenvalue weighted by molar-refractivity contribution is 0.787. The molecule has 1 aliphatic carbocycles. The molecular weight excluding hydrogens is 186 g/mol. The van der Waals surface area contributed by atoms with E-state index < -0.39 is 0 Å². The fourth-order valence-corrected chi connectivity index (χ4v) is 1.74. The Balaban J connectivity index is 2.18.